The van der Waals surface area contributed by atoms with Crippen LogP contribution in [0.1, 0.15) is 19.8 Å². The highest BCUT2D eigenvalue weighted by Gasteiger charge is 2.38. The summed E-state index contributed by atoms with van der Waals surface area (Å²) in [7, 11) is 0. The minimum absolute atomic E-state index is 0.0143. The summed E-state index contributed by atoms with van der Waals surface area (Å²) in [5.41, 5.74) is 0. The summed E-state index contributed by atoms with van der Waals surface area (Å²) < 4.78 is 18.5. The Morgan fingerprint density at radius 3 is 2.65 bits per heavy atom. The molecule has 1 saturated carbocycles. The van der Waals surface area contributed by atoms with Crippen LogP contribution in [0.15, 0.2) is 24.3 Å². The van der Waals surface area contributed by atoms with E-state index in [-0.39, 0.29) is 18.4 Å². The zero-order valence-electron chi connectivity index (χ0n) is 11.1. The maximum atomic E-state index is 13.4. The number of hydrogen-bond acceptors (Lipinski definition) is 3. The number of carboxylic acids is 1. The van der Waals surface area contributed by atoms with E-state index in [9.17, 15) is 14.0 Å². The van der Waals surface area contributed by atoms with E-state index in [1.54, 1.807) is 6.07 Å². The van der Waals surface area contributed by atoms with Crippen molar-refractivity contribution in [1.82, 2.24) is 4.90 Å². The van der Waals surface area contributed by atoms with E-state index in [1.807, 2.05) is 0 Å². The first-order valence-electron chi connectivity index (χ1n) is 6.42. The van der Waals surface area contributed by atoms with E-state index < -0.39 is 23.7 Å². The molecule has 0 radical (unpaired) electrons. The number of ether oxygens (including phenoxy) is 1. The molecule has 0 bridgehead atoms. The molecule has 1 aromatic rings. The predicted molar refractivity (Wildman–Crippen MR) is 68.9 cm³/mol. The lowest BCUT2D eigenvalue weighted by Gasteiger charge is -2.26. The lowest BCUT2D eigenvalue weighted by atomic mass is 10.2. The summed E-state index contributed by atoms with van der Waals surface area (Å²) in [6, 6.07) is 4.83. The van der Waals surface area contributed by atoms with Crippen LogP contribution in [0.5, 0.6) is 5.75 Å². The Labute approximate surface area is 116 Å². The number of carboxylic acid groups (broad SMARTS) is 1. The van der Waals surface area contributed by atoms with Crippen molar-refractivity contribution in [3.63, 3.8) is 0 Å². The van der Waals surface area contributed by atoms with Gasteiger partial charge in [0.25, 0.3) is 5.91 Å². The average Bonchev–Trinajstić information content (AvgIpc) is 3.22. The van der Waals surface area contributed by atoms with E-state index >= 15 is 0 Å². The standard InChI is InChI=1S/C14H16FNO4/c1-9(14(18)19)16(10-6-7-10)13(17)8-20-12-5-3-2-4-11(12)15/h2-5,9-10H,6-8H2,1H3,(H,18,19). The highest BCUT2D eigenvalue weighted by Crippen LogP contribution is 2.29. The van der Waals surface area contributed by atoms with Gasteiger partial charge >= 0.3 is 5.97 Å². The molecule has 6 heteroatoms. The SMILES string of the molecule is CC(C(=O)O)N(C(=O)COc1ccccc1F)C1CC1. The maximum absolute atomic E-state index is 13.4. The van der Waals surface area contributed by atoms with Gasteiger partial charge in [-0.1, -0.05) is 12.1 Å². The number of hydrogen-bond donors (Lipinski definition) is 1. The number of nitrogens with zero attached hydrogens (tertiary/aromatic N) is 1. The van der Waals surface area contributed by atoms with Gasteiger partial charge in [0.2, 0.25) is 0 Å². The number of carbonyl (C=O) groups is 2. The van der Waals surface area contributed by atoms with Gasteiger partial charge in [-0.2, -0.15) is 0 Å². The van der Waals surface area contributed by atoms with Crippen LogP contribution in [0.2, 0.25) is 0 Å². The van der Waals surface area contributed by atoms with Crippen molar-refractivity contribution in [3.05, 3.63) is 30.1 Å². The van der Waals surface area contributed by atoms with Crippen molar-refractivity contribution < 1.29 is 23.8 Å². The summed E-state index contributed by atoms with van der Waals surface area (Å²) in [6.45, 7) is 1.09. The minimum Gasteiger partial charge on any atom is -0.481 e. The van der Waals surface area contributed by atoms with Crippen molar-refractivity contribution in [2.75, 3.05) is 6.61 Å². The second kappa shape index (κ2) is 5.90. The van der Waals surface area contributed by atoms with Gasteiger partial charge in [-0.25, -0.2) is 9.18 Å². The van der Waals surface area contributed by atoms with Crippen LogP contribution >= 0.6 is 0 Å². The van der Waals surface area contributed by atoms with Crippen LogP contribution in [0.3, 0.4) is 0 Å². The van der Waals surface area contributed by atoms with Gasteiger partial charge in [-0.3, -0.25) is 4.79 Å². The highest BCUT2D eigenvalue weighted by atomic mass is 19.1. The first kappa shape index (κ1) is 14.3. The minimum atomic E-state index is -1.06. The van der Waals surface area contributed by atoms with Crippen LogP contribution in [0, 0.1) is 5.82 Å². The molecule has 1 aromatic carbocycles. The summed E-state index contributed by atoms with van der Waals surface area (Å²) in [4.78, 5) is 24.4. The van der Waals surface area contributed by atoms with E-state index in [0.717, 1.165) is 12.8 Å². The second-order valence-electron chi connectivity index (χ2n) is 4.77. The number of benzene rings is 1. The Balaban J connectivity index is 1.99. The Morgan fingerprint density at radius 1 is 1.45 bits per heavy atom. The molecule has 0 aliphatic heterocycles. The fraction of sp³-hybridized carbons (Fsp3) is 0.429. The Kier molecular flexibility index (Phi) is 4.22. The highest BCUT2D eigenvalue weighted by molar-refractivity contribution is 5.84. The van der Waals surface area contributed by atoms with Crippen LogP contribution in [-0.4, -0.2) is 40.6 Å². The zero-order chi connectivity index (χ0) is 14.7. The summed E-state index contributed by atoms with van der Waals surface area (Å²) in [6.07, 6.45) is 1.59. The first-order valence-corrected chi connectivity index (χ1v) is 6.42. The smallest absolute Gasteiger partial charge is 0.326 e. The maximum Gasteiger partial charge on any atom is 0.326 e. The Bertz CT molecular complexity index is 516. The van der Waals surface area contributed by atoms with E-state index in [0.29, 0.717) is 0 Å². The summed E-state index contributed by atoms with van der Waals surface area (Å²) in [5, 5.41) is 9.01. The van der Waals surface area contributed by atoms with Crippen molar-refractivity contribution >= 4 is 11.9 Å². The van der Waals surface area contributed by atoms with Crippen molar-refractivity contribution in [2.24, 2.45) is 0 Å². The second-order valence-corrected chi connectivity index (χ2v) is 4.77. The summed E-state index contributed by atoms with van der Waals surface area (Å²) in [5.74, 6) is -2.06. The molecule has 108 valence electrons. The molecule has 20 heavy (non-hydrogen) atoms. The Hall–Kier alpha value is -2.11. The third-order valence-electron chi connectivity index (χ3n) is 3.19. The molecule has 0 saturated heterocycles. The number of amides is 1. The van der Waals surface area contributed by atoms with Crippen LogP contribution < -0.4 is 4.74 Å². The lowest BCUT2D eigenvalue weighted by Crippen LogP contribution is -2.46. The molecule has 1 aliphatic rings. The van der Waals surface area contributed by atoms with E-state index in [4.69, 9.17) is 9.84 Å². The lowest BCUT2D eigenvalue weighted by molar-refractivity contribution is -0.150. The van der Waals surface area contributed by atoms with E-state index in [2.05, 4.69) is 0 Å². The molecule has 1 unspecified atom stereocenters. The molecule has 5 nitrogen and oxygen atoms in total. The summed E-state index contributed by atoms with van der Waals surface area (Å²) >= 11 is 0. The number of aliphatic carboxylic acids is 1. The van der Waals surface area contributed by atoms with Gasteiger partial charge in [0.15, 0.2) is 18.2 Å². The molecule has 1 fully saturated rings. The number of carbonyl (C=O) groups excluding carboxylic acids is 1. The number of para-hydroxylation sites is 1. The molecule has 1 amide bonds. The number of halogens is 1. The fourth-order valence-electron chi connectivity index (χ4n) is 1.98. The topological polar surface area (TPSA) is 66.8 Å². The molecule has 0 heterocycles. The third kappa shape index (κ3) is 3.26. The monoisotopic (exact) mass is 281 g/mol. The predicted octanol–water partition coefficient (Wildman–Crippen LogP) is 1.67. The average molecular weight is 281 g/mol. The molecule has 1 atom stereocenters. The van der Waals surface area contributed by atoms with Gasteiger partial charge in [-0.15, -0.1) is 0 Å². The van der Waals surface area contributed by atoms with Crippen molar-refractivity contribution in [1.29, 1.82) is 0 Å². The van der Waals surface area contributed by atoms with Gasteiger partial charge in [0.05, 0.1) is 0 Å². The molecule has 1 N–H and O–H groups in total. The van der Waals surface area contributed by atoms with Crippen LogP contribution in [0.25, 0.3) is 0 Å². The molecule has 2 rings (SSSR count). The largest absolute Gasteiger partial charge is 0.481 e. The van der Waals surface area contributed by atoms with Gasteiger partial charge in [-0.05, 0) is 31.9 Å². The quantitative estimate of drug-likeness (QED) is 0.861. The molecule has 0 spiro atoms. The normalized spacial score (nSPS) is 15.5. The van der Waals surface area contributed by atoms with E-state index in [1.165, 1.54) is 30.0 Å². The fourth-order valence-corrected chi connectivity index (χ4v) is 1.98. The van der Waals surface area contributed by atoms with Crippen LogP contribution in [-0.2, 0) is 9.59 Å². The molecular weight excluding hydrogens is 265 g/mol. The third-order valence-corrected chi connectivity index (χ3v) is 3.19. The Morgan fingerprint density at radius 2 is 2.10 bits per heavy atom. The molecule has 0 aromatic heterocycles. The van der Waals surface area contributed by atoms with Crippen LogP contribution in [0.4, 0.5) is 4.39 Å². The first-order chi connectivity index (χ1) is 9.50. The van der Waals surface area contributed by atoms with Crippen molar-refractivity contribution in [3.8, 4) is 5.75 Å². The molecule has 1 aliphatic carbocycles. The van der Waals surface area contributed by atoms with Gasteiger partial charge in [0, 0.05) is 6.04 Å². The number of rotatable bonds is 6. The molecular formula is C14H16FNO4. The van der Waals surface area contributed by atoms with Gasteiger partial charge < -0.3 is 14.7 Å². The van der Waals surface area contributed by atoms with Crippen molar-refractivity contribution in [2.45, 2.75) is 31.8 Å². The zero-order valence-corrected chi connectivity index (χ0v) is 11.1. The van der Waals surface area contributed by atoms with Gasteiger partial charge in [0.1, 0.15) is 6.04 Å².